The maximum Gasteiger partial charge on any atom is 4.00 e. The average molecular weight is 437 g/mol. The number of rotatable bonds is 6. The van der Waals surface area contributed by atoms with E-state index in [-0.39, 0.29) is 51.0 Å². The van der Waals surface area contributed by atoms with Gasteiger partial charge in [0.1, 0.15) is 0 Å². The summed E-state index contributed by atoms with van der Waals surface area (Å²) in [5.74, 6) is 1.68. The van der Waals surface area contributed by atoms with Crippen molar-refractivity contribution in [1.29, 1.82) is 0 Å². The molecule has 132 valence electrons. The fourth-order valence-corrected chi connectivity index (χ4v) is 3.00. The molecule has 2 atom stereocenters. The molecule has 2 aliphatic carbocycles. The molecule has 0 aromatic heterocycles. The number of allylic oxidation sites excluding steroid dienone is 4. The predicted molar refractivity (Wildman–Crippen MR) is 89.4 cm³/mol. The summed E-state index contributed by atoms with van der Waals surface area (Å²) in [5, 5.41) is 0. The molecule has 2 unspecified atom stereocenters. The molecule has 0 nitrogen and oxygen atoms in total. The minimum absolute atomic E-state index is 0. The van der Waals surface area contributed by atoms with Crippen molar-refractivity contribution in [2.75, 3.05) is 0 Å². The fraction of sp³-hybridized carbons (Fsp3) is 0.800. The zero-order valence-corrected chi connectivity index (χ0v) is 19.5. The maximum atomic E-state index is 3.46. The van der Waals surface area contributed by atoms with Crippen LogP contribution in [0.3, 0.4) is 0 Å². The summed E-state index contributed by atoms with van der Waals surface area (Å²) in [6.45, 7) is 9.15. The van der Waals surface area contributed by atoms with Crippen LogP contribution in [0.5, 0.6) is 0 Å². The summed E-state index contributed by atoms with van der Waals surface area (Å²) >= 11 is 0. The molecule has 3 heteroatoms. The van der Waals surface area contributed by atoms with E-state index >= 15 is 0 Å². The second-order valence-corrected chi connectivity index (χ2v) is 6.49. The summed E-state index contributed by atoms with van der Waals surface area (Å²) in [7, 11) is 0. The van der Waals surface area contributed by atoms with Crippen LogP contribution in [0.1, 0.15) is 91.9 Å². The van der Waals surface area contributed by atoms with Crippen molar-refractivity contribution in [3.63, 3.8) is 0 Å². The minimum atomic E-state index is 0. The Hall–Kier alpha value is 0.943. The Balaban J connectivity index is -0.000000308. The first-order chi connectivity index (χ1) is 9.69. The second kappa shape index (κ2) is 17.8. The molecule has 0 N–H and O–H groups in total. The maximum absolute atomic E-state index is 3.46. The van der Waals surface area contributed by atoms with Crippen LogP contribution in [0, 0.1) is 24.0 Å². The first kappa shape index (κ1) is 28.7. The third-order valence-electron chi connectivity index (χ3n) is 4.65. The standard InChI is InChI=1S/2C10H17.2ClH.Zr/c2*1-3-4-7-10-8-5-6-9(10)2;;;/h2*9H,3-7H2,1-2H3;2*1H;/q2*-1;;;+4/p-2. The van der Waals surface area contributed by atoms with Gasteiger partial charge in [0, 0.05) is 0 Å². The summed E-state index contributed by atoms with van der Waals surface area (Å²) in [6, 6.07) is 0. The molecule has 0 spiro atoms. The van der Waals surface area contributed by atoms with E-state index in [1.165, 1.54) is 64.2 Å². The molecule has 23 heavy (non-hydrogen) atoms. The van der Waals surface area contributed by atoms with Gasteiger partial charge in [0.25, 0.3) is 0 Å². The molecule has 0 amide bonds. The summed E-state index contributed by atoms with van der Waals surface area (Å²) in [5.41, 5.74) is 3.20. The van der Waals surface area contributed by atoms with Crippen LogP contribution in [0.25, 0.3) is 0 Å². The van der Waals surface area contributed by atoms with Gasteiger partial charge in [-0.05, 0) is 0 Å². The van der Waals surface area contributed by atoms with Crippen LogP contribution < -0.4 is 24.8 Å². The van der Waals surface area contributed by atoms with E-state index in [1.807, 2.05) is 0 Å². The van der Waals surface area contributed by atoms with Gasteiger partial charge in [-0.3, -0.25) is 11.1 Å². The quantitative estimate of drug-likeness (QED) is 0.537. The van der Waals surface area contributed by atoms with Crippen molar-refractivity contribution >= 4 is 0 Å². The van der Waals surface area contributed by atoms with E-state index < -0.39 is 0 Å². The van der Waals surface area contributed by atoms with Crippen molar-refractivity contribution in [2.24, 2.45) is 11.8 Å². The molecule has 0 aromatic rings. The Bertz CT molecular complexity index is 292. The van der Waals surface area contributed by atoms with Gasteiger partial charge >= 0.3 is 26.2 Å². The predicted octanol–water partition coefficient (Wildman–Crippen LogP) is 0.678. The summed E-state index contributed by atoms with van der Waals surface area (Å²) in [4.78, 5) is 0. The molecule has 0 bridgehead atoms. The zero-order valence-electron chi connectivity index (χ0n) is 15.5. The van der Waals surface area contributed by atoms with Crippen LogP contribution in [0.15, 0.2) is 11.1 Å². The molecule has 0 heterocycles. The third-order valence-corrected chi connectivity index (χ3v) is 4.65. The molecule has 2 aliphatic rings. The molecule has 0 saturated carbocycles. The second-order valence-electron chi connectivity index (χ2n) is 6.49. The van der Waals surface area contributed by atoms with Gasteiger partial charge in [-0.25, -0.2) is 0 Å². The molecule has 0 fully saturated rings. The molecule has 0 aromatic carbocycles. The normalized spacial score (nSPS) is 21.7. The van der Waals surface area contributed by atoms with Crippen LogP contribution in [0.2, 0.25) is 0 Å². The topological polar surface area (TPSA) is 0 Å². The van der Waals surface area contributed by atoms with Gasteiger partial charge in [0.05, 0.1) is 0 Å². The van der Waals surface area contributed by atoms with Gasteiger partial charge < -0.3 is 37.0 Å². The van der Waals surface area contributed by atoms with Crippen molar-refractivity contribution in [2.45, 2.75) is 91.9 Å². The number of hydrogen-bond donors (Lipinski definition) is 0. The van der Waals surface area contributed by atoms with E-state index in [0.717, 1.165) is 11.8 Å². The van der Waals surface area contributed by atoms with Crippen LogP contribution in [-0.2, 0) is 26.2 Å². The molecule has 2 rings (SSSR count). The van der Waals surface area contributed by atoms with Crippen LogP contribution >= 0.6 is 0 Å². The van der Waals surface area contributed by atoms with E-state index in [0.29, 0.717) is 0 Å². The van der Waals surface area contributed by atoms with Gasteiger partial charge in [-0.2, -0.15) is 12.8 Å². The Kier molecular flexibility index (Phi) is 22.2. The molecule has 0 aliphatic heterocycles. The van der Waals surface area contributed by atoms with Gasteiger partial charge in [0.15, 0.2) is 0 Å². The van der Waals surface area contributed by atoms with Crippen molar-refractivity contribution < 1.29 is 51.0 Å². The van der Waals surface area contributed by atoms with E-state index in [2.05, 4.69) is 39.8 Å². The monoisotopic (exact) mass is 434 g/mol. The van der Waals surface area contributed by atoms with Gasteiger partial charge in [0.2, 0.25) is 0 Å². The van der Waals surface area contributed by atoms with Crippen molar-refractivity contribution in [3.8, 4) is 0 Å². The zero-order chi connectivity index (χ0) is 14.8. The van der Waals surface area contributed by atoms with E-state index in [9.17, 15) is 0 Å². The first-order valence-corrected chi connectivity index (χ1v) is 8.88. The molecular weight excluding hydrogens is 402 g/mol. The molecule has 0 radical (unpaired) electrons. The third kappa shape index (κ3) is 12.0. The van der Waals surface area contributed by atoms with Crippen molar-refractivity contribution in [3.05, 3.63) is 23.3 Å². The molecule has 0 saturated heterocycles. The number of hydrogen-bond acceptors (Lipinski definition) is 0. The Morgan fingerprint density at radius 3 is 1.35 bits per heavy atom. The van der Waals surface area contributed by atoms with E-state index in [1.54, 1.807) is 11.1 Å². The minimum Gasteiger partial charge on any atom is -1.00 e. The van der Waals surface area contributed by atoms with Gasteiger partial charge in [-0.15, -0.1) is 0 Å². The van der Waals surface area contributed by atoms with Gasteiger partial charge in [-0.1, -0.05) is 90.9 Å². The number of halogens is 2. The van der Waals surface area contributed by atoms with Crippen LogP contribution in [-0.4, -0.2) is 0 Å². The SMILES string of the molecule is CCCCC1=[C-]CCC1C.CCCCC1=[C-]CCC1C.[Cl-].[Cl-].[Zr+4]. The van der Waals surface area contributed by atoms with Crippen LogP contribution in [0.4, 0.5) is 0 Å². The van der Waals surface area contributed by atoms with E-state index in [4.69, 9.17) is 0 Å². The first-order valence-electron chi connectivity index (χ1n) is 8.88. The fourth-order valence-electron chi connectivity index (χ4n) is 3.00. The number of unbranched alkanes of at least 4 members (excludes halogenated alkanes) is 2. The largest absolute Gasteiger partial charge is 4.00 e. The Morgan fingerprint density at radius 1 is 0.783 bits per heavy atom. The summed E-state index contributed by atoms with van der Waals surface area (Å²) < 4.78 is 0. The Labute approximate surface area is 177 Å². The summed E-state index contributed by atoms with van der Waals surface area (Å²) in [6.07, 6.45) is 20.0. The average Bonchev–Trinajstić information content (AvgIpc) is 3.04. The Morgan fingerprint density at radius 2 is 1.13 bits per heavy atom. The van der Waals surface area contributed by atoms with Crippen molar-refractivity contribution in [1.82, 2.24) is 0 Å². The smallest absolute Gasteiger partial charge is 1.00 e. The molecular formula is C20H34Cl2Zr.